The third-order valence-electron chi connectivity index (χ3n) is 2.00. The number of ether oxygens (including phenoxy) is 1. The van der Waals surface area contributed by atoms with Crippen molar-refractivity contribution in [1.82, 2.24) is 4.98 Å². The lowest BCUT2D eigenvalue weighted by atomic mass is 10.3. The van der Waals surface area contributed by atoms with Gasteiger partial charge in [-0.1, -0.05) is 11.6 Å². The number of nitrogens with one attached hydrogen (secondary N) is 1. The molecule has 0 saturated heterocycles. The summed E-state index contributed by atoms with van der Waals surface area (Å²) >= 11 is 5.71. The lowest BCUT2D eigenvalue weighted by Gasteiger charge is -2.07. The number of aryl methyl sites for hydroxylation is 1. The lowest BCUT2D eigenvalue weighted by molar-refractivity contribution is -0.117. The Kier molecular flexibility index (Phi) is 5.22. The van der Waals surface area contributed by atoms with Gasteiger partial charge in [0.05, 0.1) is 24.4 Å². The molecule has 5 heteroatoms. The average Bonchev–Trinajstić information content (AvgIpc) is 2.23. The second kappa shape index (κ2) is 6.45. The molecule has 0 aliphatic rings. The van der Waals surface area contributed by atoms with Crippen molar-refractivity contribution in [2.45, 2.75) is 20.3 Å². The predicted octanol–water partition coefficient (Wildman–Crippen LogP) is 2.41. The maximum absolute atomic E-state index is 11.5. The van der Waals surface area contributed by atoms with Crippen molar-refractivity contribution in [3.63, 3.8) is 0 Å². The van der Waals surface area contributed by atoms with Gasteiger partial charge in [-0.25, -0.2) is 4.98 Å². The van der Waals surface area contributed by atoms with Crippen molar-refractivity contribution < 1.29 is 9.53 Å². The SMILES string of the molecule is CCOCCC(=O)Nc1ccc(Cl)nc1C. The highest BCUT2D eigenvalue weighted by Crippen LogP contribution is 2.15. The van der Waals surface area contributed by atoms with E-state index in [1.165, 1.54) is 0 Å². The minimum absolute atomic E-state index is 0.0827. The molecule has 0 aliphatic carbocycles. The van der Waals surface area contributed by atoms with E-state index in [1.54, 1.807) is 19.1 Å². The Bertz CT molecular complexity index is 369. The number of halogens is 1. The average molecular weight is 243 g/mol. The summed E-state index contributed by atoms with van der Waals surface area (Å²) in [6.45, 7) is 4.74. The summed E-state index contributed by atoms with van der Waals surface area (Å²) in [6.07, 6.45) is 0.343. The highest BCUT2D eigenvalue weighted by atomic mass is 35.5. The van der Waals surface area contributed by atoms with Gasteiger partial charge in [0.15, 0.2) is 0 Å². The molecule has 1 amide bonds. The monoisotopic (exact) mass is 242 g/mol. The molecule has 0 bridgehead atoms. The quantitative estimate of drug-likeness (QED) is 0.637. The van der Waals surface area contributed by atoms with Gasteiger partial charge in [-0.2, -0.15) is 0 Å². The standard InChI is InChI=1S/C11H15ClN2O2/c1-3-16-7-6-11(15)14-9-4-5-10(12)13-8(9)2/h4-5H,3,6-7H2,1-2H3,(H,14,15). The summed E-state index contributed by atoms with van der Waals surface area (Å²) in [5.74, 6) is -0.0827. The fraction of sp³-hybridized carbons (Fsp3) is 0.455. The van der Waals surface area contributed by atoms with Crippen LogP contribution in [0.5, 0.6) is 0 Å². The van der Waals surface area contributed by atoms with Gasteiger partial charge in [0.25, 0.3) is 0 Å². The Balaban J connectivity index is 2.49. The normalized spacial score (nSPS) is 10.2. The molecule has 0 saturated carbocycles. The minimum Gasteiger partial charge on any atom is -0.381 e. The van der Waals surface area contributed by atoms with Crippen LogP contribution in [0.3, 0.4) is 0 Å². The van der Waals surface area contributed by atoms with Crippen molar-refractivity contribution in [1.29, 1.82) is 0 Å². The molecular weight excluding hydrogens is 228 g/mol. The summed E-state index contributed by atoms with van der Waals surface area (Å²) in [5.41, 5.74) is 1.39. The molecule has 1 aromatic heterocycles. The zero-order valence-electron chi connectivity index (χ0n) is 9.42. The molecule has 4 nitrogen and oxygen atoms in total. The molecule has 0 radical (unpaired) electrons. The smallest absolute Gasteiger partial charge is 0.226 e. The van der Waals surface area contributed by atoms with E-state index in [4.69, 9.17) is 16.3 Å². The Morgan fingerprint density at radius 1 is 1.56 bits per heavy atom. The van der Waals surface area contributed by atoms with E-state index in [2.05, 4.69) is 10.3 Å². The molecule has 0 aliphatic heterocycles. The van der Waals surface area contributed by atoms with Crippen molar-refractivity contribution in [2.24, 2.45) is 0 Å². The van der Waals surface area contributed by atoms with Gasteiger partial charge in [0.2, 0.25) is 5.91 Å². The topological polar surface area (TPSA) is 51.2 Å². The number of carbonyl (C=O) groups is 1. The van der Waals surface area contributed by atoms with Gasteiger partial charge >= 0.3 is 0 Å². The van der Waals surface area contributed by atoms with Crippen LogP contribution in [0.2, 0.25) is 5.15 Å². The summed E-state index contributed by atoms with van der Waals surface area (Å²) < 4.78 is 5.09. The van der Waals surface area contributed by atoms with Crippen molar-refractivity contribution in [3.8, 4) is 0 Å². The maximum Gasteiger partial charge on any atom is 0.226 e. The molecular formula is C11H15ClN2O2. The summed E-state index contributed by atoms with van der Waals surface area (Å²) in [7, 11) is 0. The summed E-state index contributed by atoms with van der Waals surface area (Å²) in [5, 5.41) is 3.18. The van der Waals surface area contributed by atoms with E-state index in [-0.39, 0.29) is 5.91 Å². The van der Waals surface area contributed by atoms with Crippen molar-refractivity contribution >= 4 is 23.2 Å². The van der Waals surface area contributed by atoms with E-state index >= 15 is 0 Å². The second-order valence-electron chi connectivity index (χ2n) is 3.26. The largest absolute Gasteiger partial charge is 0.381 e. The first-order chi connectivity index (χ1) is 7.63. The molecule has 16 heavy (non-hydrogen) atoms. The van der Waals surface area contributed by atoms with Crippen LogP contribution in [0.1, 0.15) is 19.0 Å². The number of amides is 1. The number of pyridine rings is 1. The number of hydrogen-bond acceptors (Lipinski definition) is 3. The van der Waals surface area contributed by atoms with E-state index in [0.29, 0.717) is 36.2 Å². The number of nitrogens with zero attached hydrogens (tertiary/aromatic N) is 1. The van der Waals surface area contributed by atoms with E-state index < -0.39 is 0 Å². The van der Waals surface area contributed by atoms with Crippen LogP contribution in [-0.2, 0) is 9.53 Å². The van der Waals surface area contributed by atoms with Crippen LogP contribution < -0.4 is 5.32 Å². The number of aromatic nitrogens is 1. The molecule has 0 atom stereocenters. The Morgan fingerprint density at radius 3 is 2.94 bits per heavy atom. The first kappa shape index (κ1) is 12.9. The second-order valence-corrected chi connectivity index (χ2v) is 3.65. The van der Waals surface area contributed by atoms with E-state index in [9.17, 15) is 4.79 Å². The van der Waals surface area contributed by atoms with Gasteiger partial charge in [0.1, 0.15) is 5.15 Å². The van der Waals surface area contributed by atoms with Gasteiger partial charge in [0, 0.05) is 6.61 Å². The first-order valence-electron chi connectivity index (χ1n) is 5.14. The van der Waals surface area contributed by atoms with E-state index in [1.807, 2.05) is 6.92 Å². The summed E-state index contributed by atoms with van der Waals surface area (Å²) in [6, 6.07) is 3.38. The third-order valence-corrected chi connectivity index (χ3v) is 2.21. The Hall–Kier alpha value is -1.13. The number of hydrogen-bond donors (Lipinski definition) is 1. The predicted molar refractivity (Wildman–Crippen MR) is 63.7 cm³/mol. The first-order valence-corrected chi connectivity index (χ1v) is 5.52. The van der Waals surface area contributed by atoms with Crippen molar-refractivity contribution in [3.05, 3.63) is 23.0 Å². The highest BCUT2D eigenvalue weighted by molar-refractivity contribution is 6.29. The summed E-state index contributed by atoms with van der Waals surface area (Å²) in [4.78, 5) is 15.5. The van der Waals surface area contributed by atoms with Crippen LogP contribution in [0.4, 0.5) is 5.69 Å². The molecule has 0 fully saturated rings. The van der Waals surface area contributed by atoms with Gasteiger partial charge in [-0.3, -0.25) is 4.79 Å². The van der Waals surface area contributed by atoms with Crippen LogP contribution >= 0.6 is 11.6 Å². The van der Waals surface area contributed by atoms with Crippen LogP contribution in [0, 0.1) is 6.92 Å². The number of rotatable bonds is 5. The molecule has 1 rings (SSSR count). The zero-order chi connectivity index (χ0) is 12.0. The Morgan fingerprint density at radius 2 is 2.31 bits per heavy atom. The maximum atomic E-state index is 11.5. The highest BCUT2D eigenvalue weighted by Gasteiger charge is 2.05. The van der Waals surface area contributed by atoms with Crippen LogP contribution in [0.15, 0.2) is 12.1 Å². The molecule has 0 unspecified atom stereocenters. The third kappa shape index (κ3) is 4.16. The van der Waals surface area contributed by atoms with Gasteiger partial charge < -0.3 is 10.1 Å². The molecule has 1 N–H and O–H groups in total. The molecule has 1 heterocycles. The minimum atomic E-state index is -0.0827. The molecule has 1 aromatic rings. The molecule has 0 aromatic carbocycles. The van der Waals surface area contributed by atoms with E-state index in [0.717, 1.165) is 0 Å². The van der Waals surface area contributed by atoms with Gasteiger partial charge in [-0.05, 0) is 26.0 Å². The fourth-order valence-corrected chi connectivity index (χ4v) is 1.37. The lowest BCUT2D eigenvalue weighted by Crippen LogP contribution is -2.15. The zero-order valence-corrected chi connectivity index (χ0v) is 10.2. The fourth-order valence-electron chi connectivity index (χ4n) is 1.18. The Labute approximate surface area is 100.0 Å². The number of carbonyl (C=O) groups excluding carboxylic acids is 1. The van der Waals surface area contributed by atoms with Crippen LogP contribution in [0.25, 0.3) is 0 Å². The van der Waals surface area contributed by atoms with Crippen molar-refractivity contribution in [2.75, 3.05) is 18.5 Å². The number of anilines is 1. The molecule has 0 spiro atoms. The molecule has 88 valence electrons. The van der Waals surface area contributed by atoms with Crippen LogP contribution in [-0.4, -0.2) is 24.1 Å². The van der Waals surface area contributed by atoms with Gasteiger partial charge in [-0.15, -0.1) is 0 Å².